The van der Waals surface area contributed by atoms with Crippen LogP contribution < -0.4 is 0 Å². The predicted molar refractivity (Wildman–Crippen MR) is 44.1 cm³/mol. The highest BCUT2D eigenvalue weighted by Crippen LogP contribution is 2.38. The van der Waals surface area contributed by atoms with Gasteiger partial charge in [-0.25, -0.2) is 0 Å². The van der Waals surface area contributed by atoms with Crippen LogP contribution in [0.3, 0.4) is 0 Å². The van der Waals surface area contributed by atoms with Gasteiger partial charge in [0, 0.05) is 5.92 Å². The van der Waals surface area contributed by atoms with Gasteiger partial charge in [-0.05, 0) is 6.42 Å². The largest absolute Gasteiger partial charge is 0.196 e. The molecule has 0 nitrogen and oxygen atoms in total. The zero-order chi connectivity index (χ0) is 7.49. The first-order chi connectivity index (χ1) is 3.98. The average Bonchev–Trinajstić information content (AvgIpc) is 1.64. The van der Waals surface area contributed by atoms with Gasteiger partial charge in [0.2, 0.25) is 0 Å². The molecule has 0 aliphatic heterocycles. The molecule has 9 heavy (non-hydrogen) atoms. The molecule has 0 bridgehead atoms. The molecular weight excluding hydrogens is 178 g/mol. The molecule has 3 heteroatoms. The van der Waals surface area contributed by atoms with Crippen molar-refractivity contribution in [1.29, 1.82) is 0 Å². The van der Waals surface area contributed by atoms with E-state index in [0.717, 1.165) is 18.8 Å². The number of alkyl halides is 3. The summed E-state index contributed by atoms with van der Waals surface area (Å²) in [6.45, 7) is 3.91. The molecule has 0 N–H and O–H groups in total. The molecule has 0 rings (SSSR count). The van der Waals surface area contributed by atoms with Gasteiger partial charge in [0.25, 0.3) is 0 Å². The molecule has 0 amide bonds. The molecule has 0 spiro atoms. The Balaban J connectivity index is 3.59. The summed E-state index contributed by atoms with van der Waals surface area (Å²) in [6, 6.07) is 0. The lowest BCUT2D eigenvalue weighted by Gasteiger charge is -2.17. The van der Waals surface area contributed by atoms with Gasteiger partial charge >= 0.3 is 0 Å². The molecule has 0 fully saturated rings. The first kappa shape index (κ1) is 9.87. The maximum absolute atomic E-state index is 5.56. The van der Waals surface area contributed by atoms with E-state index in [0.29, 0.717) is 0 Å². The summed E-state index contributed by atoms with van der Waals surface area (Å²) >= 11 is 16.7. The van der Waals surface area contributed by atoms with Gasteiger partial charge in [0.15, 0.2) is 3.79 Å². The average molecular weight is 189 g/mol. The van der Waals surface area contributed by atoms with Crippen molar-refractivity contribution < 1.29 is 0 Å². The minimum Gasteiger partial charge on any atom is -0.0830 e. The third-order valence-electron chi connectivity index (χ3n) is 1.11. The fraction of sp³-hybridized carbons (Fsp3) is 0.833. The Kier molecular flexibility index (Phi) is 4.28. The van der Waals surface area contributed by atoms with E-state index >= 15 is 0 Å². The van der Waals surface area contributed by atoms with E-state index in [2.05, 4.69) is 6.92 Å². The molecule has 0 heterocycles. The van der Waals surface area contributed by atoms with E-state index in [1.165, 1.54) is 0 Å². The third-order valence-corrected chi connectivity index (χ3v) is 2.08. The highest BCUT2D eigenvalue weighted by Gasteiger charge is 2.27. The second-order valence-electron chi connectivity index (χ2n) is 2.03. The fourth-order valence-electron chi connectivity index (χ4n) is 0.517. The highest BCUT2D eigenvalue weighted by molar-refractivity contribution is 6.69. The summed E-state index contributed by atoms with van der Waals surface area (Å²) in [4.78, 5) is 0. The van der Waals surface area contributed by atoms with Gasteiger partial charge in [-0.15, -0.1) is 0 Å². The molecular formula is C6H10Cl3. The van der Waals surface area contributed by atoms with Crippen LogP contribution in [0.5, 0.6) is 0 Å². The zero-order valence-corrected chi connectivity index (χ0v) is 7.82. The van der Waals surface area contributed by atoms with Gasteiger partial charge in [-0.3, -0.25) is 0 Å². The van der Waals surface area contributed by atoms with Crippen LogP contribution in [0.2, 0.25) is 0 Å². The monoisotopic (exact) mass is 187 g/mol. The lowest BCUT2D eigenvalue weighted by molar-refractivity contribution is 0.774. The van der Waals surface area contributed by atoms with Crippen LogP contribution in [0.15, 0.2) is 0 Å². The molecule has 0 saturated heterocycles. The first-order valence-corrected chi connectivity index (χ1v) is 4.01. The van der Waals surface area contributed by atoms with Crippen LogP contribution in [-0.2, 0) is 0 Å². The van der Waals surface area contributed by atoms with Crippen molar-refractivity contribution in [3.63, 3.8) is 0 Å². The molecule has 55 valence electrons. The maximum Gasteiger partial charge on any atom is 0.196 e. The number of hydrogen-bond donors (Lipinski definition) is 0. The Hall–Kier alpha value is 0.870. The van der Waals surface area contributed by atoms with Crippen LogP contribution in [0, 0.1) is 5.92 Å². The van der Waals surface area contributed by atoms with Crippen molar-refractivity contribution in [2.75, 3.05) is 0 Å². The Labute approximate surface area is 71.5 Å². The lowest BCUT2D eigenvalue weighted by Crippen LogP contribution is -2.12. The molecule has 0 aromatic rings. The summed E-state index contributed by atoms with van der Waals surface area (Å²) in [5, 5.41) is 0. The van der Waals surface area contributed by atoms with Gasteiger partial charge in [0.05, 0.1) is 0 Å². The minimum absolute atomic E-state index is 0.885. The predicted octanol–water partition coefficient (Wildman–Crippen LogP) is 3.75. The quantitative estimate of drug-likeness (QED) is 0.579. The lowest BCUT2D eigenvalue weighted by atomic mass is 10.1. The van der Waals surface area contributed by atoms with Crippen LogP contribution >= 0.6 is 34.8 Å². The van der Waals surface area contributed by atoms with Crippen molar-refractivity contribution in [3.8, 4) is 0 Å². The molecule has 0 aromatic heterocycles. The van der Waals surface area contributed by atoms with Crippen LogP contribution in [0.25, 0.3) is 0 Å². The van der Waals surface area contributed by atoms with Crippen molar-refractivity contribution in [2.24, 2.45) is 0 Å². The number of hydrogen-bond acceptors (Lipinski definition) is 0. The maximum atomic E-state index is 5.56. The van der Waals surface area contributed by atoms with Crippen molar-refractivity contribution in [1.82, 2.24) is 0 Å². The van der Waals surface area contributed by atoms with Gasteiger partial charge in [-0.1, -0.05) is 55.1 Å². The van der Waals surface area contributed by atoms with Crippen LogP contribution in [0.4, 0.5) is 0 Å². The van der Waals surface area contributed by atoms with Crippen LogP contribution in [0.1, 0.15) is 26.7 Å². The summed E-state index contributed by atoms with van der Waals surface area (Å²) in [6.07, 6.45) is 1.91. The topological polar surface area (TPSA) is 0 Å². The summed E-state index contributed by atoms with van der Waals surface area (Å²) < 4.78 is -1.16. The third kappa shape index (κ3) is 4.30. The standard InChI is InChI=1S/C6H10Cl3/c1-3-4-5(2)6(7,8)9/h3-4H2,1-2H3. The Morgan fingerprint density at radius 3 is 1.89 bits per heavy atom. The molecule has 0 aliphatic carbocycles. The molecule has 0 aliphatic rings. The molecule has 0 unspecified atom stereocenters. The van der Waals surface area contributed by atoms with E-state index < -0.39 is 3.79 Å². The normalized spacial score (nSPS) is 12.7. The van der Waals surface area contributed by atoms with E-state index in [1.807, 2.05) is 6.92 Å². The van der Waals surface area contributed by atoms with E-state index in [9.17, 15) is 0 Å². The number of halogens is 3. The van der Waals surface area contributed by atoms with Crippen LogP contribution in [-0.4, -0.2) is 3.79 Å². The number of rotatable bonds is 2. The Bertz CT molecular complexity index is 74.9. The summed E-state index contributed by atoms with van der Waals surface area (Å²) in [5.74, 6) is 0.912. The molecule has 0 atom stereocenters. The van der Waals surface area contributed by atoms with Gasteiger partial charge in [-0.2, -0.15) is 0 Å². The fourth-order valence-corrected chi connectivity index (χ4v) is 0.800. The summed E-state index contributed by atoms with van der Waals surface area (Å²) in [7, 11) is 0. The summed E-state index contributed by atoms with van der Waals surface area (Å²) in [5.41, 5.74) is 0. The van der Waals surface area contributed by atoms with Crippen molar-refractivity contribution in [2.45, 2.75) is 30.5 Å². The van der Waals surface area contributed by atoms with Gasteiger partial charge in [0.1, 0.15) is 0 Å². The van der Waals surface area contributed by atoms with Crippen molar-refractivity contribution >= 4 is 34.8 Å². The van der Waals surface area contributed by atoms with E-state index in [4.69, 9.17) is 34.8 Å². The molecule has 1 radical (unpaired) electrons. The second-order valence-corrected chi connectivity index (χ2v) is 4.31. The second kappa shape index (κ2) is 3.90. The highest BCUT2D eigenvalue weighted by atomic mass is 35.6. The molecule has 0 saturated carbocycles. The van der Waals surface area contributed by atoms with Gasteiger partial charge < -0.3 is 0 Å². The SMILES string of the molecule is CCC[C](C)C(Cl)(Cl)Cl. The molecule has 0 aromatic carbocycles. The first-order valence-electron chi connectivity index (χ1n) is 2.88. The Morgan fingerprint density at radius 2 is 1.78 bits per heavy atom. The Morgan fingerprint density at radius 1 is 1.33 bits per heavy atom. The smallest absolute Gasteiger partial charge is 0.0830 e. The van der Waals surface area contributed by atoms with E-state index in [-0.39, 0.29) is 0 Å². The van der Waals surface area contributed by atoms with Crippen molar-refractivity contribution in [3.05, 3.63) is 5.92 Å². The van der Waals surface area contributed by atoms with E-state index in [1.54, 1.807) is 0 Å². The minimum atomic E-state index is -1.16. The zero-order valence-electron chi connectivity index (χ0n) is 5.55.